The molecule has 0 atom stereocenters. The summed E-state index contributed by atoms with van der Waals surface area (Å²) < 4.78 is 9.33. The molecule has 2 heterocycles. The summed E-state index contributed by atoms with van der Waals surface area (Å²) in [5, 5.41) is 17.0. The van der Waals surface area contributed by atoms with Gasteiger partial charge >= 0.3 is 0 Å². The lowest BCUT2D eigenvalue weighted by Gasteiger charge is -2.26. The van der Waals surface area contributed by atoms with Crippen LogP contribution in [0.3, 0.4) is 0 Å². The van der Waals surface area contributed by atoms with E-state index in [0.717, 1.165) is 77.1 Å². The first-order chi connectivity index (χ1) is 26.6. The predicted octanol–water partition coefficient (Wildman–Crippen LogP) is 9.20. The van der Waals surface area contributed by atoms with Gasteiger partial charge in [0.25, 0.3) is 0 Å². The van der Waals surface area contributed by atoms with Crippen molar-refractivity contribution in [2.75, 3.05) is 39.1 Å². The number of aliphatic hydroxyl groups is 1. The standard InChI is InChI=1S/C48H53N5O2/c1-8-53(9-2)36-28-29-39-43(32-36)55-46-34(25-30-44-48(3,4)41-21-12-13-22-42(41)52(44)7)17-14-20-40(46)45(39)37-18-10-11-19-38(37)47(54)50-49-31-15-16-33-23-26-35(27-24-33)51(5)6/h10-13,15-16,18-19,21-32,35,54H,8-9,14,17,20H2,1-7H3/p+1/b31-15-,33-16?,34-25?,44-30?. The highest BCUT2D eigenvalue weighted by molar-refractivity contribution is 6.02. The number of fused-ring (bicyclic) bond motifs is 3. The largest absolute Gasteiger partial charge is 0.492 e. The lowest BCUT2D eigenvalue weighted by molar-refractivity contribution is 0.390. The van der Waals surface area contributed by atoms with Crippen LogP contribution in [0.1, 0.15) is 63.0 Å². The Kier molecular flexibility index (Phi) is 10.9. The zero-order valence-electron chi connectivity index (χ0n) is 33.3. The van der Waals surface area contributed by atoms with Gasteiger partial charge < -0.3 is 14.4 Å². The van der Waals surface area contributed by atoms with Crippen LogP contribution in [0.2, 0.25) is 0 Å². The fourth-order valence-corrected chi connectivity index (χ4v) is 8.30. The van der Waals surface area contributed by atoms with Crippen molar-refractivity contribution in [2.45, 2.75) is 58.4 Å². The van der Waals surface area contributed by atoms with Crippen LogP contribution in [0, 0.1) is 0 Å². The molecule has 0 saturated heterocycles. The predicted molar refractivity (Wildman–Crippen MR) is 229 cm³/mol. The van der Waals surface area contributed by atoms with E-state index in [-0.39, 0.29) is 11.3 Å². The first-order valence-electron chi connectivity index (χ1n) is 19.6. The molecule has 0 spiro atoms. The van der Waals surface area contributed by atoms with E-state index >= 15 is 0 Å². The molecule has 0 saturated carbocycles. The van der Waals surface area contributed by atoms with Gasteiger partial charge in [-0.2, -0.15) is 0 Å². The Labute approximate surface area is 326 Å². The monoisotopic (exact) mass is 732 g/mol. The van der Waals surface area contributed by atoms with Crippen LogP contribution in [-0.4, -0.2) is 56.2 Å². The molecule has 282 valence electrons. The molecule has 5 aliphatic rings. The lowest BCUT2D eigenvalue weighted by Crippen LogP contribution is -2.29. The SMILES string of the molecule is CC[N+](CC)=c1ccc2c(-c3ccccc3C(O)=NN/C=C\C=C3C=CC(N(C)C)C=C3)c3c(oc-2c1)C(=CC=C1N(C)c2ccccc2C1(C)C)CCC3. The molecule has 2 aromatic rings. The van der Waals surface area contributed by atoms with Crippen LogP contribution < -0.4 is 20.3 Å². The molecule has 3 aliphatic carbocycles. The third-order valence-electron chi connectivity index (χ3n) is 11.3. The van der Waals surface area contributed by atoms with Gasteiger partial charge in [0.05, 0.1) is 6.07 Å². The third-order valence-corrected chi connectivity index (χ3v) is 11.3. The molecule has 7 rings (SSSR count). The summed E-state index contributed by atoms with van der Waals surface area (Å²) in [4.78, 5) is 4.48. The summed E-state index contributed by atoms with van der Waals surface area (Å²) in [6, 6.07) is 23.5. The first kappa shape index (κ1) is 37.6. The van der Waals surface area contributed by atoms with E-state index in [2.05, 4.69) is 159 Å². The number of anilines is 1. The number of nitrogens with zero attached hydrogens (tertiary/aromatic N) is 4. The quantitative estimate of drug-likeness (QED) is 0.0778. The number of aliphatic hydroxyl groups excluding tert-OH is 1. The highest BCUT2D eigenvalue weighted by Crippen LogP contribution is 2.48. The van der Waals surface area contributed by atoms with Crippen LogP contribution >= 0.6 is 0 Å². The van der Waals surface area contributed by atoms with Crippen molar-refractivity contribution in [1.29, 1.82) is 0 Å². The van der Waals surface area contributed by atoms with E-state index in [0.29, 0.717) is 11.6 Å². The van der Waals surface area contributed by atoms with Crippen molar-refractivity contribution in [2.24, 2.45) is 5.10 Å². The van der Waals surface area contributed by atoms with Gasteiger partial charge in [0.2, 0.25) is 11.3 Å². The second-order valence-corrected chi connectivity index (χ2v) is 15.2. The number of para-hydroxylation sites is 1. The number of hydrogen-bond acceptors (Lipinski definition) is 5. The minimum absolute atomic E-state index is 0.0796. The molecule has 0 unspecified atom stereocenters. The zero-order chi connectivity index (χ0) is 38.7. The normalized spacial score (nSPS) is 19.2. The number of nitrogens with one attached hydrogen (secondary N) is 1. The number of likely N-dealkylation sites (N-methyl/N-ethyl adjacent to an activating group) is 2. The summed E-state index contributed by atoms with van der Waals surface area (Å²) in [5.41, 5.74) is 13.8. The Morgan fingerprint density at radius 3 is 2.45 bits per heavy atom. The summed E-state index contributed by atoms with van der Waals surface area (Å²) in [7, 11) is 6.30. The van der Waals surface area contributed by atoms with Gasteiger partial charge in [-0.15, -0.1) is 5.10 Å². The molecule has 2 N–H and O–H groups in total. The lowest BCUT2D eigenvalue weighted by atomic mass is 9.82. The van der Waals surface area contributed by atoms with Crippen molar-refractivity contribution >= 4 is 17.2 Å². The van der Waals surface area contributed by atoms with Gasteiger partial charge in [0.1, 0.15) is 24.6 Å². The highest BCUT2D eigenvalue weighted by atomic mass is 16.3. The Morgan fingerprint density at radius 2 is 1.71 bits per heavy atom. The molecular formula is C48H54N5O2+. The van der Waals surface area contributed by atoms with Gasteiger partial charge in [0, 0.05) is 64.4 Å². The first-order valence-corrected chi connectivity index (χ1v) is 19.6. The van der Waals surface area contributed by atoms with E-state index in [1.54, 1.807) is 6.20 Å². The maximum atomic E-state index is 11.5. The van der Waals surface area contributed by atoms with Crippen LogP contribution in [0.5, 0.6) is 0 Å². The number of benzene rings is 3. The molecule has 0 aromatic heterocycles. The molecular weight excluding hydrogens is 679 g/mol. The van der Waals surface area contributed by atoms with Gasteiger partial charge in [-0.25, -0.2) is 4.58 Å². The van der Waals surface area contributed by atoms with Crippen molar-refractivity contribution in [3.63, 3.8) is 0 Å². The molecule has 0 radical (unpaired) electrons. The molecule has 0 bridgehead atoms. The second-order valence-electron chi connectivity index (χ2n) is 15.2. The maximum Gasteiger partial charge on any atom is 0.236 e. The molecule has 7 nitrogen and oxygen atoms in total. The zero-order valence-corrected chi connectivity index (χ0v) is 33.3. The summed E-state index contributed by atoms with van der Waals surface area (Å²) in [6.07, 6.45) is 21.5. The van der Waals surface area contributed by atoms with Gasteiger partial charge in [0.15, 0.2) is 0 Å². The Morgan fingerprint density at radius 1 is 0.964 bits per heavy atom. The average Bonchev–Trinajstić information content (AvgIpc) is 3.39. The fourth-order valence-electron chi connectivity index (χ4n) is 8.30. The number of allylic oxidation sites excluding steroid dienone is 9. The topological polar surface area (TPSA) is 67.2 Å². The van der Waals surface area contributed by atoms with E-state index in [1.165, 1.54) is 22.5 Å². The van der Waals surface area contributed by atoms with E-state index in [1.807, 2.05) is 30.4 Å². The Bertz CT molecular complexity index is 2320. The van der Waals surface area contributed by atoms with Crippen LogP contribution in [0.4, 0.5) is 5.69 Å². The van der Waals surface area contributed by atoms with Crippen LogP contribution in [0.25, 0.3) is 28.0 Å². The average molecular weight is 733 g/mol. The summed E-state index contributed by atoms with van der Waals surface area (Å²) in [5.74, 6) is 1.66. The van der Waals surface area contributed by atoms with Crippen LogP contribution in [-0.2, 0) is 11.8 Å². The molecule has 0 fully saturated rings. The molecule has 0 amide bonds. The molecule has 7 heteroatoms. The maximum absolute atomic E-state index is 11.5. The van der Waals surface area contributed by atoms with Gasteiger partial charge in [-0.1, -0.05) is 86.7 Å². The smallest absolute Gasteiger partial charge is 0.236 e. The molecule has 2 aliphatic heterocycles. The van der Waals surface area contributed by atoms with E-state index < -0.39 is 0 Å². The van der Waals surface area contributed by atoms with Crippen molar-refractivity contribution in [3.8, 4) is 22.5 Å². The van der Waals surface area contributed by atoms with E-state index in [9.17, 15) is 5.11 Å². The minimum atomic E-state index is -0.125. The molecule has 55 heavy (non-hydrogen) atoms. The van der Waals surface area contributed by atoms with Crippen molar-refractivity contribution < 1.29 is 9.52 Å². The minimum Gasteiger partial charge on any atom is -0.492 e. The molecule has 2 aromatic carbocycles. The number of rotatable bonds is 9. The van der Waals surface area contributed by atoms with E-state index in [4.69, 9.17) is 4.42 Å². The fraction of sp³-hybridized carbons (Fsp3) is 0.292. The highest BCUT2D eigenvalue weighted by Gasteiger charge is 2.38. The van der Waals surface area contributed by atoms with Crippen molar-refractivity contribution in [1.82, 2.24) is 14.9 Å². The van der Waals surface area contributed by atoms with Crippen molar-refractivity contribution in [3.05, 3.63) is 161 Å². The van der Waals surface area contributed by atoms with Gasteiger partial charge in [-0.05, 0) is 99.8 Å². The Hall–Kier alpha value is -5.66. The number of hydrogen-bond donors (Lipinski definition) is 2. The summed E-state index contributed by atoms with van der Waals surface area (Å²) in [6.45, 7) is 10.8. The van der Waals surface area contributed by atoms with Gasteiger partial charge in [-0.3, -0.25) is 10.3 Å². The van der Waals surface area contributed by atoms with Crippen LogP contribution in [0.15, 0.2) is 142 Å². The Balaban J connectivity index is 1.30. The summed E-state index contributed by atoms with van der Waals surface area (Å²) >= 11 is 0. The number of hydrazone groups is 1. The third kappa shape index (κ3) is 7.41. The second kappa shape index (κ2) is 16.0.